The Morgan fingerprint density at radius 3 is 2.76 bits per heavy atom. The highest BCUT2D eigenvalue weighted by Crippen LogP contribution is 2.07. The van der Waals surface area contributed by atoms with E-state index in [1.165, 1.54) is 5.56 Å². The third kappa shape index (κ3) is 5.79. The van der Waals surface area contributed by atoms with Crippen molar-refractivity contribution in [3.05, 3.63) is 48.5 Å². The van der Waals surface area contributed by atoms with Crippen molar-refractivity contribution >= 4 is 11.6 Å². The van der Waals surface area contributed by atoms with Gasteiger partial charge in [0.1, 0.15) is 0 Å². The van der Waals surface area contributed by atoms with E-state index in [1.54, 1.807) is 6.20 Å². The van der Waals surface area contributed by atoms with Gasteiger partial charge in [0.25, 0.3) is 0 Å². The second-order valence-corrected chi connectivity index (χ2v) is 5.10. The van der Waals surface area contributed by atoms with E-state index in [2.05, 4.69) is 20.2 Å². The van der Waals surface area contributed by atoms with Crippen LogP contribution >= 0.6 is 0 Å². The van der Waals surface area contributed by atoms with E-state index in [1.807, 2.05) is 43.7 Å². The molecular formula is C16H22N4O. The van der Waals surface area contributed by atoms with E-state index in [9.17, 15) is 4.79 Å². The summed E-state index contributed by atoms with van der Waals surface area (Å²) in [5.41, 5.74) is 2.02. The molecule has 21 heavy (non-hydrogen) atoms. The number of nitrogens with one attached hydrogen (secondary N) is 2. The number of benzene rings is 1. The van der Waals surface area contributed by atoms with Gasteiger partial charge >= 0.3 is 0 Å². The van der Waals surface area contributed by atoms with Crippen LogP contribution in [0.5, 0.6) is 0 Å². The standard InChI is InChI=1S/C16H22N4O/c1-14-4-6-15(7-5-14)19-16(21)12-17-8-2-3-10-20-11-9-18-13-20/h4-7,9,11,13,17H,2-3,8,10,12H2,1H3,(H,19,21). The van der Waals surface area contributed by atoms with Gasteiger partial charge < -0.3 is 15.2 Å². The Hall–Kier alpha value is -2.14. The normalized spacial score (nSPS) is 10.5. The first-order chi connectivity index (χ1) is 10.2. The highest BCUT2D eigenvalue weighted by atomic mass is 16.1. The molecule has 0 spiro atoms. The van der Waals surface area contributed by atoms with Crippen LogP contribution in [0.3, 0.4) is 0 Å². The number of nitrogens with zero attached hydrogens (tertiary/aromatic N) is 2. The quantitative estimate of drug-likeness (QED) is 0.731. The lowest BCUT2D eigenvalue weighted by molar-refractivity contribution is -0.115. The minimum Gasteiger partial charge on any atom is -0.337 e. The van der Waals surface area contributed by atoms with Gasteiger partial charge in [0.2, 0.25) is 5.91 Å². The van der Waals surface area contributed by atoms with E-state index in [-0.39, 0.29) is 5.91 Å². The Morgan fingerprint density at radius 1 is 1.24 bits per heavy atom. The third-order valence-corrected chi connectivity index (χ3v) is 3.20. The van der Waals surface area contributed by atoms with Gasteiger partial charge in [-0.3, -0.25) is 4.79 Å². The molecule has 2 aromatic rings. The summed E-state index contributed by atoms with van der Waals surface area (Å²) in [6, 6.07) is 7.80. The summed E-state index contributed by atoms with van der Waals surface area (Å²) in [5.74, 6) is -0.00605. The molecule has 2 N–H and O–H groups in total. The third-order valence-electron chi connectivity index (χ3n) is 3.20. The van der Waals surface area contributed by atoms with Crippen LogP contribution in [0.15, 0.2) is 43.0 Å². The molecule has 1 aromatic carbocycles. The van der Waals surface area contributed by atoms with Crippen LogP contribution < -0.4 is 10.6 Å². The number of imidazole rings is 1. The van der Waals surface area contributed by atoms with E-state index < -0.39 is 0 Å². The lowest BCUT2D eigenvalue weighted by atomic mass is 10.2. The molecule has 0 aliphatic rings. The Kier molecular flexibility index (Phi) is 5.97. The Balaban J connectivity index is 1.54. The van der Waals surface area contributed by atoms with Crippen LogP contribution in [0, 0.1) is 6.92 Å². The monoisotopic (exact) mass is 286 g/mol. The summed E-state index contributed by atoms with van der Waals surface area (Å²) in [5, 5.41) is 6.03. The summed E-state index contributed by atoms with van der Waals surface area (Å²) >= 11 is 0. The van der Waals surface area contributed by atoms with Crippen LogP contribution in [-0.4, -0.2) is 28.5 Å². The first kappa shape index (κ1) is 15.3. The van der Waals surface area contributed by atoms with Gasteiger partial charge in [0.05, 0.1) is 12.9 Å². The van der Waals surface area contributed by atoms with Gasteiger partial charge in [-0.1, -0.05) is 17.7 Å². The van der Waals surface area contributed by atoms with Crippen molar-refractivity contribution in [3.63, 3.8) is 0 Å². The van der Waals surface area contributed by atoms with Crippen LogP contribution in [0.1, 0.15) is 18.4 Å². The molecule has 0 atom stereocenters. The first-order valence-electron chi connectivity index (χ1n) is 7.27. The van der Waals surface area contributed by atoms with Crippen molar-refractivity contribution in [2.45, 2.75) is 26.3 Å². The van der Waals surface area contributed by atoms with Crippen molar-refractivity contribution in [2.75, 3.05) is 18.4 Å². The summed E-state index contributed by atoms with van der Waals surface area (Å²) in [4.78, 5) is 15.7. The average molecular weight is 286 g/mol. The van der Waals surface area contributed by atoms with Gasteiger partial charge in [-0.05, 0) is 38.4 Å². The van der Waals surface area contributed by atoms with Crippen LogP contribution in [-0.2, 0) is 11.3 Å². The molecule has 2 rings (SSSR count). The molecule has 0 radical (unpaired) electrons. The topological polar surface area (TPSA) is 59.0 Å². The van der Waals surface area contributed by atoms with Crippen molar-refractivity contribution in [1.29, 1.82) is 0 Å². The van der Waals surface area contributed by atoms with Crippen LogP contribution in [0.25, 0.3) is 0 Å². The molecule has 1 heterocycles. The van der Waals surface area contributed by atoms with E-state index in [4.69, 9.17) is 0 Å². The highest BCUT2D eigenvalue weighted by Gasteiger charge is 2.01. The number of rotatable bonds is 8. The second kappa shape index (κ2) is 8.21. The number of hydrogen-bond donors (Lipinski definition) is 2. The molecule has 0 aliphatic heterocycles. The molecule has 1 aromatic heterocycles. The minimum absolute atomic E-state index is 0.00605. The molecule has 5 nitrogen and oxygen atoms in total. The number of anilines is 1. The maximum Gasteiger partial charge on any atom is 0.238 e. The molecule has 1 amide bonds. The number of amides is 1. The lowest BCUT2D eigenvalue weighted by Gasteiger charge is -2.07. The van der Waals surface area contributed by atoms with Gasteiger partial charge in [0.15, 0.2) is 0 Å². The SMILES string of the molecule is Cc1ccc(NC(=O)CNCCCCn2ccnc2)cc1. The molecule has 0 bridgehead atoms. The number of hydrogen-bond acceptors (Lipinski definition) is 3. The number of aryl methyl sites for hydroxylation is 2. The highest BCUT2D eigenvalue weighted by molar-refractivity contribution is 5.92. The number of carbonyl (C=O) groups excluding carboxylic acids is 1. The predicted octanol–water partition coefficient (Wildman–Crippen LogP) is 2.20. The first-order valence-corrected chi connectivity index (χ1v) is 7.27. The van der Waals surface area contributed by atoms with Gasteiger partial charge in [0, 0.05) is 24.6 Å². The Bertz CT molecular complexity index is 534. The number of unbranched alkanes of at least 4 members (excludes halogenated alkanes) is 1. The summed E-state index contributed by atoms with van der Waals surface area (Å²) < 4.78 is 2.06. The predicted molar refractivity (Wildman–Crippen MR) is 84.1 cm³/mol. The molecular weight excluding hydrogens is 264 g/mol. The maximum absolute atomic E-state index is 11.7. The molecule has 0 unspecified atom stereocenters. The lowest BCUT2D eigenvalue weighted by Crippen LogP contribution is -2.28. The Morgan fingerprint density at radius 2 is 2.05 bits per heavy atom. The van der Waals surface area contributed by atoms with Gasteiger partial charge in [-0.15, -0.1) is 0 Å². The van der Waals surface area contributed by atoms with E-state index in [0.29, 0.717) is 6.54 Å². The zero-order valence-corrected chi connectivity index (χ0v) is 12.4. The Labute approximate surface area is 125 Å². The van der Waals surface area contributed by atoms with Gasteiger partial charge in [-0.2, -0.15) is 0 Å². The molecule has 0 aliphatic carbocycles. The van der Waals surface area contributed by atoms with Crippen molar-refractivity contribution in [1.82, 2.24) is 14.9 Å². The minimum atomic E-state index is -0.00605. The molecule has 0 saturated heterocycles. The number of carbonyl (C=O) groups is 1. The molecule has 0 fully saturated rings. The summed E-state index contributed by atoms with van der Waals surface area (Å²) in [6.45, 7) is 4.18. The van der Waals surface area contributed by atoms with E-state index in [0.717, 1.165) is 31.6 Å². The zero-order valence-electron chi connectivity index (χ0n) is 12.4. The number of aromatic nitrogens is 2. The fourth-order valence-electron chi connectivity index (χ4n) is 2.01. The fourth-order valence-corrected chi connectivity index (χ4v) is 2.01. The average Bonchev–Trinajstić information content (AvgIpc) is 2.98. The van der Waals surface area contributed by atoms with Gasteiger partial charge in [-0.25, -0.2) is 4.98 Å². The molecule has 112 valence electrons. The zero-order chi connectivity index (χ0) is 14.9. The largest absolute Gasteiger partial charge is 0.337 e. The van der Waals surface area contributed by atoms with Crippen LogP contribution in [0.2, 0.25) is 0 Å². The summed E-state index contributed by atoms with van der Waals surface area (Å²) in [7, 11) is 0. The fraction of sp³-hybridized carbons (Fsp3) is 0.375. The second-order valence-electron chi connectivity index (χ2n) is 5.10. The smallest absolute Gasteiger partial charge is 0.238 e. The molecule has 0 saturated carbocycles. The van der Waals surface area contributed by atoms with Crippen molar-refractivity contribution in [3.8, 4) is 0 Å². The van der Waals surface area contributed by atoms with Crippen molar-refractivity contribution in [2.24, 2.45) is 0 Å². The van der Waals surface area contributed by atoms with Crippen LogP contribution in [0.4, 0.5) is 5.69 Å². The molecule has 5 heteroatoms. The van der Waals surface area contributed by atoms with Crippen molar-refractivity contribution < 1.29 is 4.79 Å². The maximum atomic E-state index is 11.7. The van der Waals surface area contributed by atoms with E-state index >= 15 is 0 Å². The summed E-state index contributed by atoms with van der Waals surface area (Å²) in [6.07, 6.45) is 7.68.